The van der Waals surface area contributed by atoms with E-state index in [9.17, 15) is 14.7 Å². The van der Waals surface area contributed by atoms with Crippen LogP contribution in [0.2, 0.25) is 0 Å². The van der Waals surface area contributed by atoms with Gasteiger partial charge in [0.25, 0.3) is 5.91 Å². The van der Waals surface area contributed by atoms with E-state index < -0.39 is 5.97 Å². The second-order valence-corrected chi connectivity index (χ2v) is 13.2. The number of ether oxygens (including phenoxy) is 1. The minimum Gasteiger partial charge on any atom is -0.493 e. The molecule has 5 heterocycles. The molecule has 0 unspecified atom stereocenters. The van der Waals surface area contributed by atoms with Crippen molar-refractivity contribution < 1.29 is 19.4 Å². The summed E-state index contributed by atoms with van der Waals surface area (Å²) in [7, 11) is 0. The predicted molar refractivity (Wildman–Crippen MR) is 184 cm³/mol. The maximum Gasteiger partial charge on any atom is 0.355 e. The van der Waals surface area contributed by atoms with E-state index in [4.69, 9.17) is 4.74 Å². The number of carbonyl (C=O) groups excluding carboxylic acids is 1. The highest BCUT2D eigenvalue weighted by Crippen LogP contribution is 2.33. The van der Waals surface area contributed by atoms with E-state index in [0.29, 0.717) is 58.0 Å². The minimum atomic E-state index is -1.09. The van der Waals surface area contributed by atoms with Gasteiger partial charge in [0, 0.05) is 42.2 Å². The van der Waals surface area contributed by atoms with Crippen LogP contribution in [-0.2, 0) is 19.4 Å². The zero-order valence-corrected chi connectivity index (χ0v) is 26.9. The van der Waals surface area contributed by atoms with E-state index in [1.54, 1.807) is 17.1 Å². The van der Waals surface area contributed by atoms with Crippen LogP contribution in [0.4, 0.5) is 10.3 Å². The van der Waals surface area contributed by atoms with Gasteiger partial charge in [0.05, 0.1) is 34.1 Å². The van der Waals surface area contributed by atoms with Gasteiger partial charge in [0.2, 0.25) is 0 Å². The summed E-state index contributed by atoms with van der Waals surface area (Å²) in [5, 5.41) is 19.4. The molecule has 48 heavy (non-hydrogen) atoms. The third-order valence-electron chi connectivity index (χ3n) is 8.08. The van der Waals surface area contributed by atoms with Crippen LogP contribution in [0.1, 0.15) is 36.9 Å². The van der Waals surface area contributed by atoms with E-state index in [0.717, 1.165) is 32.4 Å². The highest BCUT2D eigenvalue weighted by Gasteiger charge is 2.27. The van der Waals surface area contributed by atoms with Crippen LogP contribution in [0.25, 0.3) is 26.9 Å². The lowest BCUT2D eigenvalue weighted by molar-refractivity contribution is 0.0690. The Kier molecular flexibility index (Phi) is 7.70. The van der Waals surface area contributed by atoms with Crippen molar-refractivity contribution in [2.75, 3.05) is 23.4 Å². The number of rotatable bonds is 9. The van der Waals surface area contributed by atoms with Gasteiger partial charge >= 0.3 is 5.97 Å². The number of aromatic carboxylic acids is 1. The Balaban J connectivity index is 0.973. The summed E-state index contributed by atoms with van der Waals surface area (Å²) in [5.41, 5.74) is 4.88. The van der Waals surface area contributed by atoms with Gasteiger partial charge in [-0.25, -0.2) is 29.4 Å². The lowest BCUT2D eigenvalue weighted by Crippen LogP contribution is -2.32. The molecule has 8 rings (SSSR count). The number of para-hydroxylation sites is 1. The smallest absolute Gasteiger partial charge is 0.355 e. The molecule has 12 nitrogen and oxygen atoms in total. The number of hydrogen-bond donors (Lipinski definition) is 2. The summed E-state index contributed by atoms with van der Waals surface area (Å²) in [4.78, 5) is 45.8. The molecule has 14 heteroatoms. The first-order valence-corrected chi connectivity index (χ1v) is 16.8. The van der Waals surface area contributed by atoms with Crippen molar-refractivity contribution in [2.45, 2.75) is 19.4 Å². The molecule has 0 fully saturated rings. The van der Waals surface area contributed by atoms with Crippen LogP contribution < -0.4 is 15.0 Å². The molecule has 2 N–H and O–H groups in total. The van der Waals surface area contributed by atoms with Gasteiger partial charge in [-0.3, -0.25) is 10.1 Å². The first kappa shape index (κ1) is 29.7. The van der Waals surface area contributed by atoms with Gasteiger partial charge in [0.1, 0.15) is 12.1 Å². The third kappa shape index (κ3) is 5.71. The fraction of sp³-hybridized carbons (Fsp3) is 0.147. The molecular weight excluding hydrogens is 649 g/mol. The number of fused-ring (bicyclic) bond motifs is 3. The second kappa shape index (κ2) is 12.5. The Morgan fingerprint density at radius 1 is 1.00 bits per heavy atom. The number of aromatic nitrogens is 6. The van der Waals surface area contributed by atoms with Crippen molar-refractivity contribution >= 4 is 66.1 Å². The zero-order valence-electron chi connectivity index (χ0n) is 25.2. The van der Waals surface area contributed by atoms with Crippen LogP contribution in [0.3, 0.4) is 0 Å². The van der Waals surface area contributed by atoms with Crippen LogP contribution in [-0.4, -0.2) is 59.9 Å². The van der Waals surface area contributed by atoms with E-state index in [-0.39, 0.29) is 18.2 Å². The Morgan fingerprint density at radius 2 is 1.90 bits per heavy atom. The molecule has 1 amide bonds. The average Bonchev–Trinajstić information content (AvgIpc) is 3.85. The molecule has 0 spiro atoms. The number of nitrogens with one attached hydrogen (secondary N) is 1. The summed E-state index contributed by atoms with van der Waals surface area (Å²) in [6.45, 7) is 1.34. The lowest BCUT2D eigenvalue weighted by Gasteiger charge is -2.29. The molecule has 7 aromatic rings. The highest BCUT2D eigenvalue weighted by molar-refractivity contribution is 7.22. The van der Waals surface area contributed by atoms with Crippen LogP contribution in [0, 0.1) is 0 Å². The summed E-state index contributed by atoms with van der Waals surface area (Å²) in [6, 6.07) is 21.0. The Hall–Kier alpha value is -5.73. The van der Waals surface area contributed by atoms with E-state index >= 15 is 0 Å². The first-order valence-electron chi connectivity index (χ1n) is 15.1. The first-order chi connectivity index (χ1) is 23.5. The molecule has 238 valence electrons. The third-order valence-corrected chi connectivity index (χ3v) is 10.2. The van der Waals surface area contributed by atoms with Crippen LogP contribution in [0.5, 0.6) is 5.75 Å². The summed E-state index contributed by atoms with van der Waals surface area (Å²) in [6.07, 6.45) is 5.96. The molecule has 0 atom stereocenters. The van der Waals surface area contributed by atoms with Gasteiger partial charge in [-0.15, -0.1) is 11.3 Å². The van der Waals surface area contributed by atoms with E-state index in [1.165, 1.54) is 29.0 Å². The molecule has 0 saturated carbocycles. The Bertz CT molecular complexity index is 2300. The predicted octanol–water partition coefficient (Wildman–Crippen LogP) is 6.02. The standard InChI is InChI=1S/C34H26N8O4S2/c43-31(40-33-38-26-9-1-2-10-27(26)47-33)24-8-3-5-20-11-13-41(18-25(20)24)34-39-29(32(44)45)28(48-34)12-14-46-23-7-4-6-22(15-23)42-30-21(17-37-42)16-35-19-36-30/h1-10,15-17,19H,11-14,18H2,(H,44,45)(H,38,40,43). The van der Waals surface area contributed by atoms with Crippen molar-refractivity contribution in [3.63, 3.8) is 0 Å². The van der Waals surface area contributed by atoms with Gasteiger partial charge in [-0.1, -0.05) is 41.7 Å². The zero-order chi connectivity index (χ0) is 32.6. The highest BCUT2D eigenvalue weighted by atomic mass is 32.1. The molecule has 3 aromatic carbocycles. The van der Waals surface area contributed by atoms with Gasteiger partial charge in [-0.2, -0.15) is 5.10 Å². The van der Waals surface area contributed by atoms with Gasteiger partial charge in [0.15, 0.2) is 21.6 Å². The summed E-state index contributed by atoms with van der Waals surface area (Å²) < 4.78 is 8.77. The quantitative estimate of drug-likeness (QED) is 0.186. The lowest BCUT2D eigenvalue weighted by atomic mass is 9.94. The van der Waals surface area contributed by atoms with Crippen molar-refractivity contribution in [3.05, 3.63) is 113 Å². The number of hydrogen-bond acceptors (Lipinski definition) is 11. The normalized spacial score (nSPS) is 12.7. The van der Waals surface area contributed by atoms with Crippen LogP contribution in [0.15, 0.2) is 85.5 Å². The summed E-state index contributed by atoms with van der Waals surface area (Å²) in [5.74, 6) is -0.694. The molecule has 1 aliphatic heterocycles. The van der Waals surface area contributed by atoms with Crippen molar-refractivity contribution in [1.29, 1.82) is 0 Å². The monoisotopic (exact) mass is 674 g/mol. The Morgan fingerprint density at radius 3 is 2.79 bits per heavy atom. The second-order valence-electron chi connectivity index (χ2n) is 11.1. The number of benzene rings is 3. The molecule has 0 saturated heterocycles. The molecular formula is C34H26N8O4S2. The van der Waals surface area contributed by atoms with Crippen molar-refractivity contribution in [1.82, 2.24) is 29.7 Å². The molecule has 1 aliphatic rings. The number of carboxylic acid groups (broad SMARTS) is 1. The maximum absolute atomic E-state index is 13.5. The SMILES string of the molecule is O=C(Nc1nc2ccccc2s1)c1cccc2c1CN(c1nc(C(=O)O)c(CCOc3cccc(-n4ncc5cncnc54)c3)s1)CC2. The molecule has 0 bridgehead atoms. The van der Waals surface area contributed by atoms with Crippen LogP contribution >= 0.6 is 22.7 Å². The maximum atomic E-state index is 13.5. The topological polar surface area (TPSA) is 148 Å². The van der Waals surface area contributed by atoms with E-state index in [2.05, 4.69) is 30.4 Å². The number of carboxylic acids is 1. The largest absolute Gasteiger partial charge is 0.493 e. The number of anilines is 2. The fourth-order valence-electron chi connectivity index (χ4n) is 5.79. The minimum absolute atomic E-state index is 0.0164. The number of amides is 1. The fourth-order valence-corrected chi connectivity index (χ4v) is 7.71. The molecule has 4 aromatic heterocycles. The summed E-state index contributed by atoms with van der Waals surface area (Å²) >= 11 is 2.77. The average molecular weight is 675 g/mol. The van der Waals surface area contributed by atoms with E-state index in [1.807, 2.05) is 71.6 Å². The van der Waals surface area contributed by atoms with Crippen molar-refractivity contribution in [3.8, 4) is 11.4 Å². The molecule has 0 aliphatic carbocycles. The van der Waals surface area contributed by atoms with Crippen molar-refractivity contribution in [2.24, 2.45) is 0 Å². The number of carbonyl (C=O) groups is 2. The molecule has 0 radical (unpaired) electrons. The Labute approximate surface area is 281 Å². The number of thiazole rings is 2. The van der Waals surface area contributed by atoms with Gasteiger partial charge in [-0.05, 0) is 47.9 Å². The van der Waals surface area contributed by atoms with Gasteiger partial charge < -0.3 is 14.7 Å². The number of nitrogens with zero attached hydrogens (tertiary/aromatic N) is 7.